The Morgan fingerprint density at radius 3 is 2.62 bits per heavy atom. The highest BCUT2D eigenvalue weighted by atomic mass is 79.9. The van der Waals surface area contributed by atoms with Gasteiger partial charge in [0.25, 0.3) is 5.69 Å². The molecular formula is C15H15BrN2O3. The molecule has 0 aromatic heterocycles. The summed E-state index contributed by atoms with van der Waals surface area (Å²) in [6.07, 6.45) is 0. The SMILES string of the molecule is Cc1ccc(C(C)Nc2cc([N+](=O)[O-])ccc2Br)c(O)c1. The van der Waals surface area contributed by atoms with E-state index in [2.05, 4.69) is 21.2 Å². The van der Waals surface area contributed by atoms with Gasteiger partial charge in [0, 0.05) is 22.2 Å². The van der Waals surface area contributed by atoms with Crippen molar-refractivity contribution in [1.29, 1.82) is 0 Å². The zero-order valence-corrected chi connectivity index (χ0v) is 13.2. The lowest BCUT2D eigenvalue weighted by molar-refractivity contribution is -0.384. The molecule has 2 N–H and O–H groups in total. The number of aromatic hydroxyl groups is 1. The molecule has 0 amide bonds. The maximum absolute atomic E-state index is 10.8. The zero-order chi connectivity index (χ0) is 15.6. The van der Waals surface area contributed by atoms with Crippen LogP contribution < -0.4 is 5.32 Å². The summed E-state index contributed by atoms with van der Waals surface area (Å²) in [5.41, 5.74) is 2.33. The van der Waals surface area contributed by atoms with E-state index >= 15 is 0 Å². The predicted molar refractivity (Wildman–Crippen MR) is 85.7 cm³/mol. The number of hydrogen-bond donors (Lipinski definition) is 2. The monoisotopic (exact) mass is 350 g/mol. The van der Waals surface area contributed by atoms with Gasteiger partial charge >= 0.3 is 0 Å². The van der Waals surface area contributed by atoms with Crippen molar-refractivity contribution in [2.24, 2.45) is 0 Å². The fraction of sp³-hybridized carbons (Fsp3) is 0.200. The average molecular weight is 351 g/mol. The Kier molecular flexibility index (Phi) is 4.47. The van der Waals surface area contributed by atoms with Crippen LogP contribution in [0.15, 0.2) is 40.9 Å². The third-order valence-corrected chi connectivity index (χ3v) is 3.88. The minimum absolute atomic E-state index is 0.0148. The molecule has 0 aliphatic rings. The van der Waals surface area contributed by atoms with Crippen molar-refractivity contribution in [3.63, 3.8) is 0 Å². The summed E-state index contributed by atoms with van der Waals surface area (Å²) >= 11 is 3.36. The van der Waals surface area contributed by atoms with Gasteiger partial charge in [-0.3, -0.25) is 10.1 Å². The standard InChI is InChI=1S/C15H15BrN2O3/c1-9-3-5-12(15(19)7-9)10(2)17-14-8-11(18(20)21)4-6-13(14)16/h3-8,10,17,19H,1-2H3. The van der Waals surface area contributed by atoms with E-state index in [1.165, 1.54) is 12.1 Å². The number of non-ortho nitro benzene ring substituents is 1. The first-order valence-electron chi connectivity index (χ1n) is 6.38. The average Bonchev–Trinajstić information content (AvgIpc) is 2.40. The number of nitro benzene ring substituents is 1. The van der Waals surface area contributed by atoms with Crippen LogP contribution in [0.3, 0.4) is 0 Å². The molecule has 0 aliphatic heterocycles. The van der Waals surface area contributed by atoms with Crippen LogP contribution in [-0.4, -0.2) is 10.0 Å². The van der Waals surface area contributed by atoms with E-state index in [0.717, 1.165) is 15.6 Å². The minimum Gasteiger partial charge on any atom is -0.508 e. The van der Waals surface area contributed by atoms with E-state index in [1.807, 2.05) is 26.0 Å². The molecule has 21 heavy (non-hydrogen) atoms. The Bertz CT molecular complexity index is 689. The molecule has 0 bridgehead atoms. The molecule has 0 spiro atoms. The Morgan fingerprint density at radius 1 is 1.29 bits per heavy atom. The molecule has 0 saturated carbocycles. The van der Waals surface area contributed by atoms with E-state index in [9.17, 15) is 15.2 Å². The molecule has 0 radical (unpaired) electrons. The summed E-state index contributed by atoms with van der Waals surface area (Å²) in [7, 11) is 0. The van der Waals surface area contributed by atoms with Gasteiger partial charge in [-0.05, 0) is 47.5 Å². The van der Waals surface area contributed by atoms with E-state index in [4.69, 9.17) is 0 Å². The third kappa shape index (κ3) is 3.52. The van der Waals surface area contributed by atoms with Gasteiger partial charge in [0.1, 0.15) is 5.75 Å². The molecule has 5 nitrogen and oxygen atoms in total. The van der Waals surface area contributed by atoms with Gasteiger partial charge in [-0.2, -0.15) is 0 Å². The highest BCUT2D eigenvalue weighted by Crippen LogP contribution is 2.32. The Morgan fingerprint density at radius 2 is 2.00 bits per heavy atom. The summed E-state index contributed by atoms with van der Waals surface area (Å²) in [6.45, 7) is 3.79. The number of nitrogens with one attached hydrogen (secondary N) is 1. The lowest BCUT2D eigenvalue weighted by Gasteiger charge is -2.18. The Balaban J connectivity index is 2.28. The summed E-state index contributed by atoms with van der Waals surface area (Å²) in [4.78, 5) is 10.4. The number of nitrogens with zero attached hydrogens (tertiary/aromatic N) is 1. The van der Waals surface area contributed by atoms with Crippen molar-refractivity contribution < 1.29 is 10.0 Å². The maximum atomic E-state index is 10.8. The van der Waals surface area contributed by atoms with Crippen LogP contribution >= 0.6 is 15.9 Å². The second kappa shape index (κ2) is 6.13. The molecule has 1 atom stereocenters. The van der Waals surface area contributed by atoms with Gasteiger partial charge in [0.2, 0.25) is 0 Å². The number of nitro groups is 1. The fourth-order valence-corrected chi connectivity index (χ4v) is 2.43. The van der Waals surface area contributed by atoms with Crippen LogP contribution in [0.2, 0.25) is 0 Å². The number of benzene rings is 2. The van der Waals surface area contributed by atoms with E-state index < -0.39 is 4.92 Å². The molecule has 2 rings (SSSR count). The van der Waals surface area contributed by atoms with Gasteiger partial charge in [-0.1, -0.05) is 12.1 Å². The number of phenols is 1. The van der Waals surface area contributed by atoms with Gasteiger partial charge in [0.15, 0.2) is 0 Å². The molecule has 0 aliphatic carbocycles. The molecule has 1 unspecified atom stereocenters. The van der Waals surface area contributed by atoms with E-state index in [-0.39, 0.29) is 17.5 Å². The number of phenolic OH excluding ortho intramolecular Hbond substituents is 1. The summed E-state index contributed by atoms with van der Waals surface area (Å²) in [5.74, 6) is 0.205. The van der Waals surface area contributed by atoms with Crippen molar-refractivity contribution in [2.45, 2.75) is 19.9 Å². The van der Waals surface area contributed by atoms with Crippen LogP contribution in [0.5, 0.6) is 5.75 Å². The van der Waals surface area contributed by atoms with Crippen molar-refractivity contribution in [2.75, 3.05) is 5.32 Å². The first-order chi connectivity index (χ1) is 9.88. The summed E-state index contributed by atoms with van der Waals surface area (Å²) < 4.78 is 0.728. The van der Waals surface area contributed by atoms with Gasteiger partial charge in [-0.25, -0.2) is 0 Å². The largest absolute Gasteiger partial charge is 0.508 e. The number of rotatable bonds is 4. The van der Waals surface area contributed by atoms with Crippen molar-refractivity contribution >= 4 is 27.3 Å². The fourth-order valence-electron chi connectivity index (χ4n) is 2.07. The van der Waals surface area contributed by atoms with Crippen LogP contribution in [0, 0.1) is 17.0 Å². The second-order valence-electron chi connectivity index (χ2n) is 4.85. The smallest absolute Gasteiger partial charge is 0.271 e. The lowest BCUT2D eigenvalue weighted by atomic mass is 10.0. The highest BCUT2D eigenvalue weighted by Gasteiger charge is 2.14. The van der Waals surface area contributed by atoms with Crippen molar-refractivity contribution in [3.05, 3.63) is 62.1 Å². The second-order valence-corrected chi connectivity index (χ2v) is 5.70. The molecule has 6 heteroatoms. The number of aryl methyl sites for hydroxylation is 1. The number of anilines is 1. The third-order valence-electron chi connectivity index (χ3n) is 3.19. The normalized spacial score (nSPS) is 12.0. The van der Waals surface area contributed by atoms with Gasteiger partial charge in [-0.15, -0.1) is 0 Å². The maximum Gasteiger partial charge on any atom is 0.271 e. The van der Waals surface area contributed by atoms with Crippen LogP contribution in [0.1, 0.15) is 24.1 Å². The van der Waals surface area contributed by atoms with E-state index in [1.54, 1.807) is 12.1 Å². The summed E-state index contributed by atoms with van der Waals surface area (Å²) in [6, 6.07) is 9.78. The van der Waals surface area contributed by atoms with Gasteiger partial charge < -0.3 is 10.4 Å². The molecule has 0 heterocycles. The molecule has 2 aromatic rings. The lowest BCUT2D eigenvalue weighted by Crippen LogP contribution is -2.07. The van der Waals surface area contributed by atoms with Crippen molar-refractivity contribution in [3.8, 4) is 5.75 Å². The summed E-state index contributed by atoms with van der Waals surface area (Å²) in [5, 5.41) is 24.0. The predicted octanol–water partition coefficient (Wildman–Crippen LogP) is 4.54. The number of halogens is 1. The quantitative estimate of drug-likeness (QED) is 0.626. The minimum atomic E-state index is -0.439. The molecule has 2 aromatic carbocycles. The first kappa shape index (κ1) is 15.3. The van der Waals surface area contributed by atoms with E-state index in [0.29, 0.717) is 5.69 Å². The topological polar surface area (TPSA) is 75.4 Å². The van der Waals surface area contributed by atoms with Crippen molar-refractivity contribution in [1.82, 2.24) is 0 Å². The Hall–Kier alpha value is -2.08. The zero-order valence-electron chi connectivity index (χ0n) is 11.6. The molecule has 110 valence electrons. The Labute approximate surface area is 130 Å². The first-order valence-corrected chi connectivity index (χ1v) is 7.18. The highest BCUT2D eigenvalue weighted by molar-refractivity contribution is 9.10. The molecular weight excluding hydrogens is 336 g/mol. The van der Waals surface area contributed by atoms with Crippen LogP contribution in [0.4, 0.5) is 11.4 Å². The van der Waals surface area contributed by atoms with Crippen LogP contribution in [0.25, 0.3) is 0 Å². The molecule has 0 fully saturated rings. The van der Waals surface area contributed by atoms with Gasteiger partial charge in [0.05, 0.1) is 16.7 Å². The molecule has 0 saturated heterocycles. The van der Waals surface area contributed by atoms with Crippen LogP contribution in [-0.2, 0) is 0 Å². The number of hydrogen-bond acceptors (Lipinski definition) is 4.